The average molecular weight is 350 g/mol. The Bertz CT molecular complexity index is 789. The molecule has 1 aromatic heterocycles. The second kappa shape index (κ2) is 6.60. The van der Waals surface area contributed by atoms with Crippen molar-refractivity contribution in [2.45, 2.75) is 24.3 Å². The lowest BCUT2D eigenvalue weighted by molar-refractivity contribution is 0.0541. The van der Waals surface area contributed by atoms with Gasteiger partial charge in [-0.2, -0.15) is 0 Å². The van der Waals surface area contributed by atoms with Crippen LogP contribution in [0.2, 0.25) is 0 Å². The first-order valence-electron chi connectivity index (χ1n) is 7.42. The lowest BCUT2D eigenvalue weighted by Crippen LogP contribution is -2.26. The van der Waals surface area contributed by atoms with E-state index < -0.39 is 17.3 Å². The van der Waals surface area contributed by atoms with Crippen molar-refractivity contribution in [2.24, 2.45) is 0 Å². The Kier molecular flexibility index (Phi) is 4.53. The summed E-state index contributed by atoms with van der Waals surface area (Å²) in [5, 5.41) is 7.38. The second-order valence-corrected chi connectivity index (χ2v) is 5.89. The van der Waals surface area contributed by atoms with Crippen LogP contribution < -0.4 is 0 Å². The Morgan fingerprint density at radius 1 is 1.21 bits per heavy atom. The van der Waals surface area contributed by atoms with Crippen LogP contribution in [0.5, 0.6) is 0 Å². The van der Waals surface area contributed by atoms with Gasteiger partial charge in [0.05, 0.1) is 25.6 Å². The van der Waals surface area contributed by atoms with E-state index in [4.69, 9.17) is 16.3 Å². The second-order valence-electron chi connectivity index (χ2n) is 5.42. The fourth-order valence-electron chi connectivity index (χ4n) is 2.98. The van der Waals surface area contributed by atoms with E-state index >= 15 is 0 Å². The van der Waals surface area contributed by atoms with E-state index in [2.05, 4.69) is 15.0 Å². The van der Waals surface area contributed by atoms with Crippen molar-refractivity contribution in [3.63, 3.8) is 0 Å². The number of benzene rings is 1. The summed E-state index contributed by atoms with van der Waals surface area (Å²) < 4.78 is 10.8. The molecule has 1 aliphatic rings. The number of rotatable bonds is 3. The third kappa shape index (κ3) is 2.65. The minimum atomic E-state index is -0.746. The Morgan fingerprint density at radius 3 is 2.62 bits per heavy atom. The highest BCUT2D eigenvalue weighted by Crippen LogP contribution is 2.42. The van der Waals surface area contributed by atoms with Crippen molar-refractivity contribution < 1.29 is 19.1 Å². The predicted molar refractivity (Wildman–Crippen MR) is 85.1 cm³/mol. The molecule has 0 saturated carbocycles. The fraction of sp³-hybridized carbons (Fsp3) is 0.375. The molecule has 0 saturated heterocycles. The molecule has 126 valence electrons. The summed E-state index contributed by atoms with van der Waals surface area (Å²) in [4.78, 5) is 24.0. The zero-order chi connectivity index (χ0) is 17.3. The molecule has 0 fully saturated rings. The number of alkyl halides is 1. The number of esters is 2. The van der Waals surface area contributed by atoms with Crippen molar-refractivity contribution in [3.8, 4) is 0 Å². The van der Waals surface area contributed by atoms with Crippen molar-refractivity contribution in [1.29, 1.82) is 0 Å². The van der Waals surface area contributed by atoms with Gasteiger partial charge in [-0.3, -0.25) is 0 Å². The number of hydrogen-bond acceptors (Lipinski definition) is 6. The number of nitrogens with zero attached hydrogens (tertiary/aromatic N) is 3. The summed E-state index contributed by atoms with van der Waals surface area (Å²) in [6, 6.07) is 7.55. The Labute approximate surface area is 143 Å². The topological polar surface area (TPSA) is 83.3 Å². The van der Waals surface area contributed by atoms with Crippen LogP contribution in [0, 0.1) is 0 Å². The molecule has 1 aliphatic carbocycles. The number of hydrogen-bond donors (Lipinski definition) is 0. The minimum Gasteiger partial charge on any atom is -0.464 e. The molecule has 1 heterocycles. The number of aromatic nitrogens is 3. The number of fused-ring (bicyclic) bond motifs is 1. The molecule has 0 spiro atoms. The molecule has 0 bridgehead atoms. The zero-order valence-electron chi connectivity index (χ0n) is 13.2. The van der Waals surface area contributed by atoms with Gasteiger partial charge >= 0.3 is 11.9 Å². The number of aryl methyl sites for hydroxylation is 1. The van der Waals surface area contributed by atoms with Gasteiger partial charge in [-0.1, -0.05) is 29.5 Å². The van der Waals surface area contributed by atoms with E-state index in [9.17, 15) is 9.59 Å². The van der Waals surface area contributed by atoms with E-state index in [0.717, 1.165) is 12.0 Å². The van der Waals surface area contributed by atoms with Crippen molar-refractivity contribution >= 4 is 23.5 Å². The van der Waals surface area contributed by atoms with Crippen LogP contribution >= 0.6 is 11.6 Å². The van der Waals surface area contributed by atoms with Crippen LogP contribution in [0.15, 0.2) is 24.3 Å². The molecule has 0 amide bonds. The van der Waals surface area contributed by atoms with Crippen LogP contribution in [-0.2, 0) is 15.9 Å². The first-order valence-corrected chi connectivity index (χ1v) is 7.85. The number of methoxy groups -OCH3 is 2. The molecule has 0 aliphatic heterocycles. The zero-order valence-corrected chi connectivity index (χ0v) is 14.0. The lowest BCUT2D eigenvalue weighted by Gasteiger charge is -2.30. The molecule has 24 heavy (non-hydrogen) atoms. The first kappa shape index (κ1) is 16.4. The lowest BCUT2D eigenvalue weighted by atomic mass is 9.88. The van der Waals surface area contributed by atoms with Crippen LogP contribution in [0.25, 0.3) is 0 Å². The predicted octanol–water partition coefficient (Wildman–Crippen LogP) is 2.32. The number of carbonyl (C=O) groups is 2. The summed E-state index contributed by atoms with van der Waals surface area (Å²) in [5.74, 6) is -1.45. The molecule has 8 heteroatoms. The van der Waals surface area contributed by atoms with Gasteiger partial charge in [-0.25, -0.2) is 14.3 Å². The molecule has 3 rings (SSSR count). The van der Waals surface area contributed by atoms with Gasteiger partial charge in [0, 0.05) is 0 Å². The van der Waals surface area contributed by atoms with Crippen LogP contribution in [-0.4, -0.2) is 41.2 Å². The summed E-state index contributed by atoms with van der Waals surface area (Å²) in [6.07, 6.45) is 1.46. The van der Waals surface area contributed by atoms with Gasteiger partial charge in [0.1, 0.15) is 0 Å². The molecule has 2 aromatic rings. The van der Waals surface area contributed by atoms with Gasteiger partial charge in [0.2, 0.25) is 5.69 Å². The van der Waals surface area contributed by atoms with Gasteiger partial charge in [0.15, 0.2) is 5.69 Å². The molecule has 0 radical (unpaired) electrons. The smallest absolute Gasteiger partial charge is 0.361 e. The quantitative estimate of drug-likeness (QED) is 0.624. The molecule has 2 atom stereocenters. The van der Waals surface area contributed by atoms with Crippen LogP contribution in [0.3, 0.4) is 0 Å². The summed E-state index contributed by atoms with van der Waals surface area (Å²) in [6.45, 7) is 0. The first-order chi connectivity index (χ1) is 11.6. The SMILES string of the molecule is COC(=O)c1nnn([C@@H]2CCc3ccccc3[C@H]2Cl)c1C(=O)OC. The van der Waals surface area contributed by atoms with Gasteiger partial charge in [0.25, 0.3) is 0 Å². The Hall–Kier alpha value is -2.41. The molecule has 1 aromatic carbocycles. The average Bonchev–Trinajstić information content (AvgIpc) is 3.05. The third-order valence-corrected chi connectivity index (χ3v) is 4.69. The molecule has 0 N–H and O–H groups in total. The molecule has 0 unspecified atom stereocenters. The van der Waals surface area contributed by atoms with Gasteiger partial charge < -0.3 is 9.47 Å². The highest BCUT2D eigenvalue weighted by molar-refractivity contribution is 6.21. The standard InChI is InChI=1S/C16H16ClN3O4/c1-23-15(21)13-14(16(22)24-2)20(19-18-13)11-8-7-9-5-3-4-6-10(9)12(11)17/h3-6,11-12H,7-8H2,1-2H3/t11-,12-/m1/s1. The highest BCUT2D eigenvalue weighted by Gasteiger charge is 2.36. The molecule has 7 nitrogen and oxygen atoms in total. The van der Waals surface area contributed by atoms with Gasteiger partial charge in [-0.05, 0) is 24.0 Å². The summed E-state index contributed by atoms with van der Waals surface area (Å²) in [7, 11) is 2.44. The van der Waals surface area contributed by atoms with Crippen molar-refractivity contribution in [1.82, 2.24) is 15.0 Å². The van der Waals surface area contributed by atoms with Crippen molar-refractivity contribution in [3.05, 3.63) is 46.8 Å². The molecular formula is C16H16ClN3O4. The van der Waals surface area contributed by atoms with Crippen LogP contribution in [0.4, 0.5) is 0 Å². The monoisotopic (exact) mass is 349 g/mol. The normalized spacial score (nSPS) is 19.5. The van der Waals surface area contributed by atoms with Gasteiger partial charge in [-0.15, -0.1) is 16.7 Å². The number of halogens is 1. The van der Waals surface area contributed by atoms with Crippen molar-refractivity contribution in [2.75, 3.05) is 14.2 Å². The van der Waals surface area contributed by atoms with E-state index in [1.54, 1.807) is 0 Å². The Balaban J connectivity index is 2.06. The number of ether oxygens (including phenoxy) is 2. The van der Waals surface area contributed by atoms with E-state index in [-0.39, 0.29) is 17.4 Å². The molecular weight excluding hydrogens is 334 g/mol. The summed E-state index contributed by atoms with van der Waals surface area (Å²) >= 11 is 6.63. The van der Waals surface area contributed by atoms with E-state index in [0.29, 0.717) is 6.42 Å². The van der Waals surface area contributed by atoms with Crippen LogP contribution in [0.1, 0.15) is 49.9 Å². The maximum atomic E-state index is 12.2. The van der Waals surface area contributed by atoms with E-state index in [1.165, 1.54) is 24.5 Å². The maximum absolute atomic E-state index is 12.2. The summed E-state index contributed by atoms with van der Waals surface area (Å²) in [5.41, 5.74) is 1.94. The fourth-order valence-corrected chi connectivity index (χ4v) is 3.43. The largest absolute Gasteiger partial charge is 0.464 e. The highest BCUT2D eigenvalue weighted by atomic mass is 35.5. The number of carbonyl (C=O) groups excluding carboxylic acids is 2. The minimum absolute atomic E-state index is 0.0422. The maximum Gasteiger partial charge on any atom is 0.361 e. The van der Waals surface area contributed by atoms with E-state index in [1.807, 2.05) is 24.3 Å². The third-order valence-electron chi connectivity index (χ3n) is 4.17. The Morgan fingerprint density at radius 2 is 1.92 bits per heavy atom.